The number of H-pyrrole nitrogens is 1. The van der Waals surface area contributed by atoms with Crippen LogP contribution in [0, 0.1) is 18.2 Å². The molecule has 2 heterocycles. The number of aryl methyl sites for hydroxylation is 1. The number of nitrogens with one attached hydrogen (secondary N) is 1. The van der Waals surface area contributed by atoms with Crippen molar-refractivity contribution in [2.24, 2.45) is 0 Å². The summed E-state index contributed by atoms with van der Waals surface area (Å²) in [5.74, 6) is 1.89. The molecule has 2 rings (SSSR count). The van der Waals surface area contributed by atoms with Crippen LogP contribution in [0.4, 0.5) is 0 Å². The highest BCUT2D eigenvalue weighted by atomic mass is 35.5. The molecule has 0 spiro atoms. The fraction of sp³-hybridized carbons (Fsp3) is 0.500. The molecule has 0 bridgehead atoms. The van der Waals surface area contributed by atoms with Gasteiger partial charge in [0.25, 0.3) is 5.56 Å². The lowest BCUT2D eigenvalue weighted by molar-refractivity contribution is -0.0771. The summed E-state index contributed by atoms with van der Waals surface area (Å²) in [7, 11) is -17.8. The van der Waals surface area contributed by atoms with Gasteiger partial charge in [-0.3, -0.25) is 18.9 Å². The van der Waals surface area contributed by atoms with Gasteiger partial charge in [-0.2, -0.15) is 8.62 Å². The average molecular weight is 559 g/mol. The fourth-order valence-electron chi connectivity index (χ4n) is 2.58. The van der Waals surface area contributed by atoms with Gasteiger partial charge < -0.3 is 34.5 Å². The van der Waals surface area contributed by atoms with E-state index in [9.17, 15) is 43.3 Å². The van der Waals surface area contributed by atoms with E-state index in [4.69, 9.17) is 28.9 Å². The summed E-state index contributed by atoms with van der Waals surface area (Å²) in [4.78, 5) is 61.5. The second-order valence-electron chi connectivity index (χ2n) is 6.15. The number of rotatable bonds is 8. The third-order valence-corrected chi connectivity index (χ3v) is 7.50. The number of aliphatic hydroxyl groups excluding tert-OH is 1. The van der Waals surface area contributed by atoms with Crippen molar-refractivity contribution in [3.63, 3.8) is 0 Å². The van der Waals surface area contributed by atoms with Crippen molar-refractivity contribution in [1.82, 2.24) is 9.55 Å². The molecule has 1 saturated heterocycles. The molecule has 7 N–H and O–H groups in total. The highest BCUT2D eigenvalue weighted by Gasteiger charge is 2.57. The zero-order chi connectivity index (χ0) is 27.2. The number of ether oxygens (including phenoxy) is 1. The number of phosphoric ester groups is 1. The summed E-state index contributed by atoms with van der Waals surface area (Å²) >= 11 is 5.29. The van der Waals surface area contributed by atoms with E-state index in [-0.39, 0.29) is 5.69 Å². The number of aromatic nitrogens is 2. The van der Waals surface area contributed by atoms with E-state index in [0.717, 1.165) is 6.07 Å². The van der Waals surface area contributed by atoms with Crippen LogP contribution in [-0.4, -0.2) is 63.7 Å². The van der Waals surface area contributed by atoms with E-state index in [1.54, 1.807) is 5.38 Å². The first kappa shape index (κ1) is 24.9. The van der Waals surface area contributed by atoms with Crippen LogP contribution in [0.25, 0.3) is 0 Å². The number of hydrogen-bond acceptors (Lipinski definition) is 11. The van der Waals surface area contributed by atoms with Crippen molar-refractivity contribution in [2.75, 3.05) is 6.56 Å². The monoisotopic (exact) mass is 558 g/mol. The van der Waals surface area contributed by atoms with Crippen LogP contribution in [0.5, 0.6) is 0 Å². The Morgan fingerprint density at radius 2 is 1.88 bits per heavy atom. The molecule has 1 aromatic heterocycles. The molecule has 0 saturated carbocycles. The van der Waals surface area contributed by atoms with Crippen molar-refractivity contribution < 1.29 is 64.1 Å². The SMILES string of the molecule is [2H]C([2H])(OP(=O)(O)OP(=O)(O)OP(=O)(O)O)[C@H]1O[C@@H](n2c(C)cc(=O)[nH]c2=O)C(O)(C#CCl)[C@H]1O. The molecule has 186 valence electrons. The van der Waals surface area contributed by atoms with Gasteiger partial charge in [-0.1, -0.05) is 0 Å². The number of aliphatic hydroxyl groups is 2. The Balaban J connectivity index is 2.46. The molecule has 1 fully saturated rings. The van der Waals surface area contributed by atoms with Crippen molar-refractivity contribution in [3.8, 4) is 11.3 Å². The van der Waals surface area contributed by atoms with Gasteiger partial charge >= 0.3 is 29.2 Å². The van der Waals surface area contributed by atoms with Crippen LogP contribution in [-0.2, 0) is 31.6 Å². The molecule has 1 aromatic rings. The third-order valence-electron chi connectivity index (χ3n) is 3.74. The first-order valence-corrected chi connectivity index (χ1v) is 12.9. The van der Waals surface area contributed by atoms with Gasteiger partial charge in [0.05, 0.1) is 9.30 Å². The lowest BCUT2D eigenvalue weighted by Crippen LogP contribution is -2.48. The molecule has 3 unspecified atom stereocenters. The quantitative estimate of drug-likeness (QED) is 0.139. The van der Waals surface area contributed by atoms with Crippen molar-refractivity contribution in [3.05, 3.63) is 32.6 Å². The van der Waals surface area contributed by atoms with E-state index in [1.165, 1.54) is 6.92 Å². The summed E-state index contributed by atoms with van der Waals surface area (Å²) < 4.78 is 66.6. The first-order chi connectivity index (χ1) is 15.6. The van der Waals surface area contributed by atoms with E-state index in [0.29, 0.717) is 4.57 Å². The Kier molecular flexibility index (Phi) is 7.42. The second kappa shape index (κ2) is 9.82. The summed E-state index contributed by atoms with van der Waals surface area (Å²) in [5, 5.41) is 23.1. The molecule has 1 aliphatic heterocycles. The van der Waals surface area contributed by atoms with Crippen LogP contribution in [0.2, 0.25) is 0 Å². The van der Waals surface area contributed by atoms with Crippen LogP contribution >= 0.6 is 35.1 Å². The summed E-state index contributed by atoms with van der Waals surface area (Å²) in [6, 6.07) is 0.861. The van der Waals surface area contributed by atoms with Gasteiger partial charge in [-0.15, -0.1) is 0 Å². The van der Waals surface area contributed by atoms with Crippen LogP contribution in [0.1, 0.15) is 14.7 Å². The van der Waals surface area contributed by atoms with Crippen molar-refractivity contribution in [1.29, 1.82) is 0 Å². The third kappa shape index (κ3) is 6.92. The average Bonchev–Trinajstić information content (AvgIpc) is 2.83. The first-order valence-electron chi connectivity index (χ1n) is 9.00. The highest BCUT2D eigenvalue weighted by Crippen LogP contribution is 2.66. The smallest absolute Gasteiger partial charge is 0.386 e. The number of nitrogens with zero attached hydrogens (tertiary/aromatic N) is 1. The number of halogens is 1. The fourth-order valence-corrected chi connectivity index (χ4v) is 5.61. The largest absolute Gasteiger partial charge is 0.490 e. The van der Waals surface area contributed by atoms with Crippen molar-refractivity contribution >= 4 is 35.1 Å². The van der Waals surface area contributed by atoms with Gasteiger partial charge in [0.1, 0.15) is 12.2 Å². The van der Waals surface area contributed by atoms with Crippen molar-refractivity contribution in [2.45, 2.75) is 31.0 Å². The minimum absolute atomic E-state index is 0.181. The summed E-state index contributed by atoms with van der Waals surface area (Å²) in [6.45, 7) is -2.53. The normalized spacial score (nSPS) is 30.4. The van der Waals surface area contributed by atoms with Crippen LogP contribution < -0.4 is 11.2 Å². The Morgan fingerprint density at radius 3 is 2.39 bits per heavy atom. The molecular formula is C12H16ClN2O15P3. The van der Waals surface area contributed by atoms with Crippen LogP contribution in [0.3, 0.4) is 0 Å². The molecule has 0 aromatic carbocycles. The maximum atomic E-state index is 12.3. The molecule has 17 nitrogen and oxygen atoms in total. The van der Waals surface area contributed by atoms with Gasteiger partial charge in [0.2, 0.25) is 5.60 Å². The van der Waals surface area contributed by atoms with Crippen LogP contribution in [0.15, 0.2) is 15.7 Å². The molecule has 0 radical (unpaired) electrons. The summed E-state index contributed by atoms with van der Waals surface area (Å²) in [6.07, 6.45) is -7.14. The predicted octanol–water partition coefficient (Wildman–Crippen LogP) is -1.62. The highest BCUT2D eigenvalue weighted by molar-refractivity contribution is 7.66. The number of hydrogen-bond donors (Lipinski definition) is 7. The number of aromatic amines is 1. The predicted molar refractivity (Wildman–Crippen MR) is 104 cm³/mol. The Labute approximate surface area is 190 Å². The van der Waals surface area contributed by atoms with Gasteiger partial charge in [0, 0.05) is 17.1 Å². The lowest BCUT2D eigenvalue weighted by atomic mass is 9.95. The Hall–Kier alpha value is -1.18. The van der Waals surface area contributed by atoms with Gasteiger partial charge in [-0.25, -0.2) is 18.5 Å². The maximum absolute atomic E-state index is 12.3. The van der Waals surface area contributed by atoms with E-state index in [1.807, 2.05) is 10.9 Å². The molecule has 1 aliphatic rings. The molecule has 6 atom stereocenters. The molecular weight excluding hydrogens is 541 g/mol. The Bertz CT molecular complexity index is 1320. The van der Waals surface area contributed by atoms with Gasteiger partial charge in [0.15, 0.2) is 6.23 Å². The minimum Gasteiger partial charge on any atom is -0.386 e. The van der Waals surface area contributed by atoms with Gasteiger partial charge in [-0.05, 0) is 24.4 Å². The Morgan fingerprint density at radius 1 is 1.27 bits per heavy atom. The second-order valence-corrected chi connectivity index (χ2v) is 10.7. The number of phosphoric acid groups is 3. The zero-order valence-corrected chi connectivity index (χ0v) is 19.3. The molecule has 33 heavy (non-hydrogen) atoms. The van der Waals surface area contributed by atoms with E-state index < -0.39 is 65.3 Å². The lowest BCUT2D eigenvalue weighted by Gasteiger charge is -2.27. The molecule has 21 heteroatoms. The van der Waals surface area contributed by atoms with E-state index >= 15 is 0 Å². The standard InChI is InChI=1S/C12H16ClN2O15P3/c1-6-4-8(16)14-11(18)15(6)10-12(19,2-3-13)9(17)7(28-10)5-27-32(23,24)30-33(25,26)29-31(20,21)22/h4,7,9-10,17,19H,5H2,1H3,(H,23,24)(H,25,26)(H,14,16,18)(H2,20,21,22)/t7-,9+,10-,12?/m1/s1/i5D2. The minimum atomic E-state index is -6.08. The maximum Gasteiger partial charge on any atom is 0.490 e. The topological polar surface area (TPSA) is 264 Å². The van der Waals surface area contributed by atoms with E-state index in [2.05, 4.69) is 13.1 Å². The molecule has 0 amide bonds. The molecule has 0 aliphatic carbocycles. The zero-order valence-electron chi connectivity index (χ0n) is 17.8. The summed E-state index contributed by atoms with van der Waals surface area (Å²) in [5.41, 5.74) is -5.17.